The van der Waals surface area contributed by atoms with Crippen LogP contribution >= 0.6 is 0 Å². The maximum Gasteiger partial charge on any atom is 0.222 e. The molecule has 0 fully saturated rings. The molecule has 0 bridgehead atoms. The van der Waals surface area contributed by atoms with Gasteiger partial charge >= 0.3 is 0 Å². The number of benzene rings is 1. The first-order valence-corrected chi connectivity index (χ1v) is 6.71. The van der Waals surface area contributed by atoms with E-state index in [2.05, 4.69) is 19.9 Å². The largest absolute Gasteiger partial charge is 0.286 e. The molecule has 0 aliphatic carbocycles. The van der Waals surface area contributed by atoms with Crippen molar-refractivity contribution in [1.82, 2.24) is 15.2 Å². The van der Waals surface area contributed by atoms with Gasteiger partial charge in [-0.05, 0) is 18.2 Å². The van der Waals surface area contributed by atoms with Crippen molar-refractivity contribution < 1.29 is 8.42 Å². The van der Waals surface area contributed by atoms with Gasteiger partial charge in [-0.3, -0.25) is 14.8 Å². The molecule has 3 rings (SSSR count). The number of nitrogens with zero attached hydrogens (tertiary/aromatic N) is 2. The highest BCUT2D eigenvalue weighted by Crippen LogP contribution is 2.22. The van der Waals surface area contributed by atoms with E-state index in [0.717, 1.165) is 22.2 Å². The molecule has 6 nitrogen and oxygen atoms in total. The molecule has 2 N–H and O–H groups in total. The molecular formula is C12H10N4O2S. The first-order valence-electron chi connectivity index (χ1n) is 5.53. The molecule has 0 aliphatic heterocycles. The predicted octanol–water partition coefficient (Wildman–Crippen LogP) is 1.56. The summed E-state index contributed by atoms with van der Waals surface area (Å²) in [6, 6.07) is 8.91. The van der Waals surface area contributed by atoms with E-state index in [4.69, 9.17) is 0 Å². The molecule has 0 atom stereocenters. The van der Waals surface area contributed by atoms with Crippen molar-refractivity contribution in [1.29, 1.82) is 0 Å². The van der Waals surface area contributed by atoms with E-state index in [9.17, 15) is 8.42 Å². The van der Waals surface area contributed by atoms with Crippen LogP contribution in [0.25, 0.3) is 22.2 Å². The number of aromatic nitrogens is 3. The Morgan fingerprint density at radius 2 is 1.89 bits per heavy atom. The molecule has 3 aromatic rings. The second kappa shape index (κ2) is 4.69. The summed E-state index contributed by atoms with van der Waals surface area (Å²) < 4.78 is 23.4. The quantitative estimate of drug-likeness (QED) is 0.632. The molecule has 0 radical (unpaired) electrons. The van der Waals surface area contributed by atoms with E-state index < -0.39 is 10.9 Å². The molecule has 0 saturated heterocycles. The summed E-state index contributed by atoms with van der Waals surface area (Å²) >= 11 is 0. The third kappa shape index (κ3) is 2.41. The molecule has 0 unspecified atom stereocenters. The second-order valence-corrected chi connectivity index (χ2v) is 4.71. The zero-order chi connectivity index (χ0) is 13.2. The lowest BCUT2D eigenvalue weighted by Crippen LogP contribution is -1.94. The highest BCUT2D eigenvalue weighted by atomic mass is 32.2. The van der Waals surface area contributed by atoms with Crippen LogP contribution in [0.3, 0.4) is 0 Å². The molecule has 0 saturated carbocycles. The van der Waals surface area contributed by atoms with E-state index in [1.54, 1.807) is 24.5 Å². The fourth-order valence-electron chi connectivity index (χ4n) is 1.82. The third-order valence-electron chi connectivity index (χ3n) is 2.72. The van der Waals surface area contributed by atoms with Crippen LogP contribution in [0.4, 0.5) is 5.69 Å². The first-order chi connectivity index (χ1) is 9.22. The summed E-state index contributed by atoms with van der Waals surface area (Å²) in [5, 5.41) is 7.77. The van der Waals surface area contributed by atoms with Gasteiger partial charge in [-0.15, -0.1) is 0 Å². The number of thiol groups is 1. The number of hydrogen-bond acceptors (Lipinski definition) is 4. The Morgan fingerprint density at radius 1 is 1.11 bits per heavy atom. The second-order valence-electron chi connectivity index (χ2n) is 3.97. The van der Waals surface area contributed by atoms with Gasteiger partial charge in [0.25, 0.3) is 0 Å². The zero-order valence-electron chi connectivity index (χ0n) is 9.70. The third-order valence-corrected chi connectivity index (χ3v) is 3.17. The Morgan fingerprint density at radius 3 is 2.63 bits per heavy atom. The molecule has 19 heavy (non-hydrogen) atoms. The summed E-state index contributed by atoms with van der Waals surface area (Å²) in [7, 11) is -2.64. The molecule has 1 aromatic carbocycles. The highest BCUT2D eigenvalue weighted by Gasteiger charge is 2.02. The van der Waals surface area contributed by atoms with Gasteiger partial charge in [0.2, 0.25) is 10.9 Å². The SMILES string of the molecule is O=[SH](=O)Nc1ccc(-c2cc3[nH]ncc3cn2)cc1. The van der Waals surface area contributed by atoms with Crippen molar-refractivity contribution in [2.45, 2.75) is 0 Å². The summed E-state index contributed by atoms with van der Waals surface area (Å²) in [5.41, 5.74) is 3.15. The molecule has 0 spiro atoms. The first kappa shape index (κ1) is 11.7. The van der Waals surface area contributed by atoms with Crippen LogP contribution in [0, 0.1) is 0 Å². The summed E-state index contributed by atoms with van der Waals surface area (Å²) in [5.74, 6) is 0. The highest BCUT2D eigenvalue weighted by molar-refractivity contribution is 7.73. The van der Waals surface area contributed by atoms with Crippen LogP contribution in [0.2, 0.25) is 0 Å². The Kier molecular flexibility index (Phi) is 2.88. The fourth-order valence-corrected chi connectivity index (χ4v) is 2.18. The topological polar surface area (TPSA) is 87.7 Å². The molecule has 2 aromatic heterocycles. The van der Waals surface area contributed by atoms with Gasteiger partial charge < -0.3 is 0 Å². The normalized spacial score (nSPS) is 11.0. The van der Waals surface area contributed by atoms with Gasteiger partial charge in [0.05, 0.1) is 17.4 Å². The number of nitrogens with one attached hydrogen (secondary N) is 2. The lowest BCUT2D eigenvalue weighted by molar-refractivity contribution is 0.619. The van der Waals surface area contributed by atoms with Crippen LogP contribution < -0.4 is 4.72 Å². The van der Waals surface area contributed by atoms with E-state index in [-0.39, 0.29) is 0 Å². The number of pyridine rings is 1. The van der Waals surface area contributed by atoms with Crippen molar-refractivity contribution in [3.05, 3.63) is 42.7 Å². The predicted molar refractivity (Wildman–Crippen MR) is 73.3 cm³/mol. The average molecular weight is 274 g/mol. The number of anilines is 1. The van der Waals surface area contributed by atoms with Crippen LogP contribution in [0.5, 0.6) is 0 Å². The zero-order valence-corrected chi connectivity index (χ0v) is 10.6. The van der Waals surface area contributed by atoms with Crippen LogP contribution in [-0.2, 0) is 10.9 Å². The van der Waals surface area contributed by atoms with Gasteiger partial charge in [0.15, 0.2) is 0 Å². The van der Waals surface area contributed by atoms with Crippen molar-refractivity contribution in [2.24, 2.45) is 0 Å². The molecular weight excluding hydrogens is 264 g/mol. The lowest BCUT2D eigenvalue weighted by Gasteiger charge is -2.03. The van der Waals surface area contributed by atoms with Gasteiger partial charge in [-0.2, -0.15) is 5.10 Å². The summed E-state index contributed by atoms with van der Waals surface area (Å²) in [4.78, 5) is 4.34. The molecule has 96 valence electrons. The van der Waals surface area contributed by atoms with E-state index in [1.807, 2.05) is 18.2 Å². The Labute approximate surface area is 110 Å². The molecule has 2 heterocycles. The van der Waals surface area contributed by atoms with Gasteiger partial charge in [-0.1, -0.05) is 12.1 Å². The summed E-state index contributed by atoms with van der Waals surface area (Å²) in [6.45, 7) is 0. The number of aromatic amines is 1. The van der Waals surface area contributed by atoms with Crippen LogP contribution in [-0.4, -0.2) is 23.6 Å². The number of fused-ring (bicyclic) bond motifs is 1. The van der Waals surface area contributed by atoms with Crippen molar-refractivity contribution in [3.8, 4) is 11.3 Å². The van der Waals surface area contributed by atoms with E-state index >= 15 is 0 Å². The Hall–Kier alpha value is -2.41. The van der Waals surface area contributed by atoms with Gasteiger partial charge in [-0.25, -0.2) is 8.42 Å². The Balaban J connectivity index is 1.96. The average Bonchev–Trinajstić information content (AvgIpc) is 2.86. The standard InChI is InChI=1S/C12H10N4O2S/c17-19(18)16-10-3-1-8(2-4-10)11-5-12-9(6-13-11)7-14-15-12/h1-7,19H,(H,14,15)(H,16,17,18). The van der Waals surface area contributed by atoms with Crippen molar-refractivity contribution in [3.63, 3.8) is 0 Å². The molecule has 0 aliphatic rings. The number of H-pyrrole nitrogens is 1. The summed E-state index contributed by atoms with van der Waals surface area (Å²) in [6.07, 6.45) is 3.46. The van der Waals surface area contributed by atoms with Gasteiger partial charge in [0, 0.05) is 22.8 Å². The molecule has 0 amide bonds. The Bertz CT molecular complexity index is 785. The van der Waals surface area contributed by atoms with Crippen LogP contribution in [0.15, 0.2) is 42.7 Å². The lowest BCUT2D eigenvalue weighted by atomic mass is 10.1. The minimum Gasteiger partial charge on any atom is -0.286 e. The van der Waals surface area contributed by atoms with Crippen molar-refractivity contribution >= 4 is 27.5 Å². The minimum absolute atomic E-state index is 0.530. The smallest absolute Gasteiger partial charge is 0.222 e. The molecule has 7 heteroatoms. The maximum atomic E-state index is 10.5. The minimum atomic E-state index is -2.64. The van der Waals surface area contributed by atoms with E-state index in [0.29, 0.717) is 5.69 Å². The van der Waals surface area contributed by atoms with Crippen LogP contribution in [0.1, 0.15) is 0 Å². The van der Waals surface area contributed by atoms with E-state index in [1.165, 1.54) is 0 Å². The van der Waals surface area contributed by atoms with Crippen molar-refractivity contribution in [2.75, 3.05) is 4.72 Å². The number of rotatable bonds is 3. The van der Waals surface area contributed by atoms with Gasteiger partial charge in [0.1, 0.15) is 0 Å². The number of hydrogen-bond donors (Lipinski definition) is 3. The maximum absolute atomic E-state index is 10.5. The monoisotopic (exact) mass is 274 g/mol. The fraction of sp³-hybridized carbons (Fsp3) is 0.